The van der Waals surface area contributed by atoms with Crippen LogP contribution in [0, 0.1) is 11.8 Å². The molecule has 0 saturated carbocycles. The zero-order chi connectivity index (χ0) is 19.3. The van der Waals surface area contributed by atoms with Gasteiger partial charge >= 0.3 is 0 Å². The minimum atomic E-state index is -0.325. The van der Waals surface area contributed by atoms with E-state index >= 15 is 0 Å². The quantitative estimate of drug-likeness (QED) is 0.719. The van der Waals surface area contributed by atoms with E-state index in [4.69, 9.17) is 11.6 Å². The molecule has 3 saturated heterocycles. The standard InChI is InChI=1S/C22H19ClN2O2S/c23-15-7-9-16(10-8-15)25-21(26)19-17(11-6-14-4-2-1-3-5-14)24-13-28-12-18(24)20(19)22(25)27/h1-11,17-20H,12-13H2/b11-6+/t17-,18+,19+,20+/m0/s1. The molecule has 142 valence electrons. The molecule has 4 atom stereocenters. The molecule has 3 heterocycles. The summed E-state index contributed by atoms with van der Waals surface area (Å²) in [5.74, 6) is 0.982. The van der Waals surface area contributed by atoms with Gasteiger partial charge in [-0.2, -0.15) is 0 Å². The number of carbonyl (C=O) groups excluding carboxylic acids is 2. The van der Waals surface area contributed by atoms with Gasteiger partial charge in [-0.25, -0.2) is 4.90 Å². The number of amides is 2. The Bertz CT molecular complexity index is 947. The molecule has 0 N–H and O–H groups in total. The first-order valence-electron chi connectivity index (χ1n) is 9.35. The summed E-state index contributed by atoms with van der Waals surface area (Å²) in [5, 5.41) is 0.588. The highest BCUT2D eigenvalue weighted by molar-refractivity contribution is 7.99. The van der Waals surface area contributed by atoms with E-state index in [1.165, 1.54) is 4.90 Å². The second kappa shape index (κ2) is 7.07. The lowest BCUT2D eigenvalue weighted by atomic mass is 9.89. The Labute approximate surface area is 173 Å². The molecule has 2 aromatic carbocycles. The number of fused-ring (bicyclic) bond motifs is 3. The summed E-state index contributed by atoms with van der Waals surface area (Å²) in [5.41, 5.74) is 1.71. The minimum absolute atomic E-state index is 0.0565. The maximum absolute atomic E-state index is 13.3. The highest BCUT2D eigenvalue weighted by atomic mass is 35.5. The Morgan fingerprint density at radius 2 is 1.68 bits per heavy atom. The van der Waals surface area contributed by atoms with E-state index < -0.39 is 0 Å². The summed E-state index contributed by atoms with van der Waals surface area (Å²) in [6.07, 6.45) is 4.17. The molecule has 28 heavy (non-hydrogen) atoms. The molecule has 0 radical (unpaired) electrons. The van der Waals surface area contributed by atoms with Crippen molar-refractivity contribution in [2.75, 3.05) is 16.5 Å². The van der Waals surface area contributed by atoms with Crippen LogP contribution in [0.1, 0.15) is 5.56 Å². The monoisotopic (exact) mass is 410 g/mol. The van der Waals surface area contributed by atoms with E-state index in [1.54, 1.807) is 24.3 Å². The fourth-order valence-electron chi connectivity index (χ4n) is 4.62. The van der Waals surface area contributed by atoms with Crippen molar-refractivity contribution in [1.29, 1.82) is 0 Å². The van der Waals surface area contributed by atoms with Gasteiger partial charge in [-0.3, -0.25) is 14.5 Å². The summed E-state index contributed by atoms with van der Waals surface area (Å²) < 4.78 is 0. The third-order valence-corrected chi connectivity index (χ3v) is 7.20. The van der Waals surface area contributed by atoms with Crippen LogP contribution in [0.15, 0.2) is 60.7 Å². The van der Waals surface area contributed by atoms with Crippen LogP contribution in [0.25, 0.3) is 6.08 Å². The molecule has 2 amide bonds. The van der Waals surface area contributed by atoms with Crippen molar-refractivity contribution in [2.24, 2.45) is 11.8 Å². The number of halogens is 1. The molecule has 3 aliphatic heterocycles. The van der Waals surface area contributed by atoms with Gasteiger partial charge in [0.1, 0.15) is 0 Å². The second-order valence-corrected chi connectivity index (χ2v) is 8.82. The number of carbonyl (C=O) groups is 2. The molecule has 0 bridgehead atoms. The van der Waals surface area contributed by atoms with Crippen LogP contribution >= 0.6 is 23.4 Å². The van der Waals surface area contributed by atoms with Crippen LogP contribution in [0.2, 0.25) is 5.02 Å². The number of benzene rings is 2. The van der Waals surface area contributed by atoms with Gasteiger partial charge in [0.25, 0.3) is 0 Å². The van der Waals surface area contributed by atoms with Crippen LogP contribution < -0.4 is 4.90 Å². The first-order chi connectivity index (χ1) is 13.6. The van der Waals surface area contributed by atoms with E-state index in [1.807, 2.05) is 42.1 Å². The Balaban J connectivity index is 1.50. The molecule has 3 fully saturated rings. The van der Waals surface area contributed by atoms with E-state index in [2.05, 4.69) is 17.1 Å². The molecule has 2 aromatic rings. The van der Waals surface area contributed by atoms with Crippen molar-refractivity contribution >= 4 is 46.9 Å². The summed E-state index contributed by atoms with van der Waals surface area (Å²) >= 11 is 7.81. The molecule has 0 unspecified atom stereocenters. The van der Waals surface area contributed by atoms with Crippen molar-refractivity contribution in [3.63, 3.8) is 0 Å². The number of thioether (sulfide) groups is 1. The predicted octanol–water partition coefficient (Wildman–Crippen LogP) is 3.92. The number of hydrogen-bond acceptors (Lipinski definition) is 4. The first kappa shape index (κ1) is 18.0. The van der Waals surface area contributed by atoms with Crippen LogP contribution in [0.3, 0.4) is 0 Å². The molecule has 0 aliphatic carbocycles. The predicted molar refractivity (Wildman–Crippen MR) is 113 cm³/mol. The molecule has 6 heteroatoms. The molecule has 3 aliphatic rings. The van der Waals surface area contributed by atoms with Gasteiger partial charge < -0.3 is 0 Å². The average molecular weight is 411 g/mol. The minimum Gasteiger partial charge on any atom is -0.282 e. The van der Waals surface area contributed by atoms with E-state index in [0.29, 0.717) is 10.7 Å². The number of rotatable bonds is 3. The van der Waals surface area contributed by atoms with Gasteiger partial charge in [0.05, 0.1) is 17.5 Å². The third kappa shape index (κ3) is 2.81. The van der Waals surface area contributed by atoms with Crippen LogP contribution in [0.5, 0.6) is 0 Å². The average Bonchev–Trinajstić information content (AvgIpc) is 3.35. The van der Waals surface area contributed by atoms with E-state index in [0.717, 1.165) is 17.2 Å². The van der Waals surface area contributed by atoms with E-state index in [9.17, 15) is 9.59 Å². The lowest BCUT2D eigenvalue weighted by molar-refractivity contribution is -0.123. The first-order valence-corrected chi connectivity index (χ1v) is 10.9. The highest BCUT2D eigenvalue weighted by Gasteiger charge is 2.62. The van der Waals surface area contributed by atoms with E-state index in [-0.39, 0.29) is 35.7 Å². The fraction of sp³-hybridized carbons (Fsp3) is 0.273. The topological polar surface area (TPSA) is 40.6 Å². The Morgan fingerprint density at radius 3 is 2.43 bits per heavy atom. The SMILES string of the molecule is O=C1[C@H]2[C@H](C(=O)N1c1ccc(Cl)cc1)[C@H](/C=C/c1ccccc1)N1CSC[C@H]21. The number of imide groups is 1. The van der Waals surface area contributed by atoms with Crippen molar-refractivity contribution < 1.29 is 9.59 Å². The summed E-state index contributed by atoms with van der Waals surface area (Å²) in [6, 6.07) is 17.1. The largest absolute Gasteiger partial charge is 0.282 e. The van der Waals surface area contributed by atoms with Gasteiger partial charge in [-0.1, -0.05) is 54.1 Å². The van der Waals surface area contributed by atoms with Crippen LogP contribution in [-0.4, -0.2) is 40.4 Å². The van der Waals surface area contributed by atoms with Gasteiger partial charge in [-0.15, -0.1) is 11.8 Å². The fourth-order valence-corrected chi connectivity index (χ4v) is 6.06. The summed E-state index contributed by atoms with van der Waals surface area (Å²) in [4.78, 5) is 30.3. The van der Waals surface area contributed by atoms with Gasteiger partial charge in [0, 0.05) is 28.7 Å². The Hall–Kier alpha value is -2.08. The van der Waals surface area contributed by atoms with Crippen LogP contribution in [-0.2, 0) is 9.59 Å². The summed E-state index contributed by atoms with van der Waals surface area (Å²) in [6.45, 7) is 0. The summed E-state index contributed by atoms with van der Waals surface area (Å²) in [7, 11) is 0. The smallest absolute Gasteiger partial charge is 0.239 e. The molecule has 4 nitrogen and oxygen atoms in total. The van der Waals surface area contributed by atoms with Gasteiger partial charge in [0.15, 0.2) is 0 Å². The molecular weight excluding hydrogens is 392 g/mol. The molecule has 0 aromatic heterocycles. The highest BCUT2D eigenvalue weighted by Crippen LogP contribution is 2.48. The zero-order valence-electron chi connectivity index (χ0n) is 15.1. The number of hydrogen-bond donors (Lipinski definition) is 0. The number of nitrogens with zero attached hydrogens (tertiary/aromatic N) is 2. The lowest BCUT2D eigenvalue weighted by Crippen LogP contribution is -2.42. The molecule has 0 spiro atoms. The zero-order valence-corrected chi connectivity index (χ0v) is 16.6. The van der Waals surface area contributed by atoms with Crippen molar-refractivity contribution in [3.05, 3.63) is 71.3 Å². The van der Waals surface area contributed by atoms with Crippen LogP contribution in [0.4, 0.5) is 5.69 Å². The van der Waals surface area contributed by atoms with Crippen molar-refractivity contribution in [2.45, 2.75) is 12.1 Å². The molecular formula is C22H19ClN2O2S. The second-order valence-electron chi connectivity index (χ2n) is 7.38. The Kier molecular flexibility index (Phi) is 4.54. The van der Waals surface area contributed by atoms with Crippen molar-refractivity contribution in [3.8, 4) is 0 Å². The number of anilines is 1. The van der Waals surface area contributed by atoms with Gasteiger partial charge in [0.2, 0.25) is 11.8 Å². The van der Waals surface area contributed by atoms with Gasteiger partial charge in [-0.05, 0) is 29.8 Å². The van der Waals surface area contributed by atoms with Crippen molar-refractivity contribution in [1.82, 2.24) is 4.90 Å². The molecule has 5 rings (SSSR count). The lowest BCUT2D eigenvalue weighted by Gasteiger charge is -2.25. The Morgan fingerprint density at radius 1 is 0.964 bits per heavy atom. The maximum atomic E-state index is 13.3. The third-order valence-electron chi connectivity index (χ3n) is 5.89. The maximum Gasteiger partial charge on any atom is 0.239 e. The normalized spacial score (nSPS) is 29.7.